The molecule has 8 atom stereocenters. The number of esters is 1. The Balaban J connectivity index is 1.58. The Hall–Kier alpha value is -1.32. The van der Waals surface area contributed by atoms with Crippen molar-refractivity contribution >= 4 is 11.9 Å². The van der Waals surface area contributed by atoms with Gasteiger partial charge in [-0.25, -0.2) is 0 Å². The van der Waals surface area contributed by atoms with Gasteiger partial charge in [-0.3, -0.25) is 9.59 Å². The number of allylic oxidation sites excluding steroid dienone is 1. The minimum Gasteiger partial charge on any atom is -0.462 e. The van der Waals surface area contributed by atoms with Crippen molar-refractivity contribution < 1.29 is 14.3 Å². The van der Waals surface area contributed by atoms with Crippen LogP contribution in [-0.2, 0) is 14.3 Å². The van der Waals surface area contributed by atoms with E-state index in [1.807, 2.05) is 0 Å². The van der Waals surface area contributed by atoms with Crippen LogP contribution in [0.5, 0.6) is 0 Å². The fraction of sp³-hybridized carbons (Fsp3) is 0.833. The summed E-state index contributed by atoms with van der Waals surface area (Å²) in [6.45, 7) is 10.4. The van der Waals surface area contributed by atoms with E-state index < -0.39 is 0 Å². The van der Waals surface area contributed by atoms with Gasteiger partial charge in [0, 0.05) is 26.3 Å². The van der Waals surface area contributed by atoms with Crippen LogP contribution in [0.25, 0.3) is 0 Å². The van der Waals surface area contributed by atoms with Crippen molar-refractivity contribution in [1.82, 2.24) is 5.32 Å². The summed E-state index contributed by atoms with van der Waals surface area (Å²) in [7, 11) is 0. The van der Waals surface area contributed by atoms with Crippen LogP contribution in [0, 0.1) is 34.5 Å². The molecule has 0 heterocycles. The van der Waals surface area contributed by atoms with Gasteiger partial charge in [-0.2, -0.15) is 0 Å². The van der Waals surface area contributed by atoms with Gasteiger partial charge in [-0.05, 0) is 73.0 Å². The number of rotatable bonds is 2. The molecular formula is C24H37NO3. The monoisotopic (exact) mass is 387 g/mol. The topological polar surface area (TPSA) is 55.4 Å². The van der Waals surface area contributed by atoms with Gasteiger partial charge in [-0.15, -0.1) is 0 Å². The van der Waals surface area contributed by atoms with Crippen molar-refractivity contribution in [2.24, 2.45) is 34.5 Å². The molecule has 0 aromatic heterocycles. The van der Waals surface area contributed by atoms with Crippen molar-refractivity contribution in [3.63, 3.8) is 0 Å². The van der Waals surface area contributed by atoms with Gasteiger partial charge in [0.25, 0.3) is 0 Å². The Morgan fingerprint density at radius 3 is 2.57 bits per heavy atom. The number of ether oxygens (including phenoxy) is 1. The molecule has 4 aliphatic carbocycles. The summed E-state index contributed by atoms with van der Waals surface area (Å²) < 4.78 is 5.55. The first-order chi connectivity index (χ1) is 13.1. The highest BCUT2D eigenvalue weighted by atomic mass is 16.5. The molecule has 4 heteroatoms. The number of hydrogen-bond donors (Lipinski definition) is 1. The van der Waals surface area contributed by atoms with Crippen molar-refractivity contribution in [3.8, 4) is 0 Å². The number of carbonyl (C=O) groups excluding carboxylic acids is 2. The molecule has 4 aliphatic rings. The lowest BCUT2D eigenvalue weighted by atomic mass is 9.48. The van der Waals surface area contributed by atoms with E-state index in [9.17, 15) is 9.59 Å². The van der Waals surface area contributed by atoms with Gasteiger partial charge in [0.05, 0.1) is 0 Å². The molecule has 4 rings (SSSR count). The molecule has 0 saturated heterocycles. The maximum absolute atomic E-state index is 11.8. The van der Waals surface area contributed by atoms with E-state index in [0.29, 0.717) is 17.9 Å². The zero-order valence-electron chi connectivity index (χ0n) is 18.2. The van der Waals surface area contributed by atoms with E-state index in [4.69, 9.17) is 4.74 Å². The smallest absolute Gasteiger partial charge is 0.302 e. The van der Waals surface area contributed by atoms with E-state index in [1.165, 1.54) is 26.2 Å². The summed E-state index contributed by atoms with van der Waals surface area (Å²) in [5.74, 6) is 2.66. The van der Waals surface area contributed by atoms with E-state index in [2.05, 4.69) is 32.2 Å². The quantitative estimate of drug-likeness (QED) is 0.555. The third kappa shape index (κ3) is 3.02. The molecule has 28 heavy (non-hydrogen) atoms. The Morgan fingerprint density at radius 2 is 1.89 bits per heavy atom. The highest BCUT2D eigenvalue weighted by molar-refractivity contribution is 5.73. The molecule has 1 N–H and O–H groups in total. The Bertz CT molecular complexity index is 700. The van der Waals surface area contributed by atoms with Crippen LogP contribution in [0.3, 0.4) is 0 Å². The molecule has 156 valence electrons. The average Bonchev–Trinajstić information content (AvgIpc) is 2.85. The summed E-state index contributed by atoms with van der Waals surface area (Å²) in [6, 6.07) is 0.314. The molecular weight excluding hydrogens is 350 g/mol. The summed E-state index contributed by atoms with van der Waals surface area (Å²) >= 11 is 0. The van der Waals surface area contributed by atoms with Crippen LogP contribution in [-0.4, -0.2) is 24.0 Å². The first kappa shape index (κ1) is 20.0. The third-order valence-corrected chi connectivity index (χ3v) is 9.09. The fourth-order valence-corrected chi connectivity index (χ4v) is 7.85. The molecule has 3 fully saturated rings. The van der Waals surface area contributed by atoms with E-state index in [-0.39, 0.29) is 28.8 Å². The molecule has 0 aromatic carbocycles. The zero-order valence-corrected chi connectivity index (χ0v) is 18.2. The highest BCUT2D eigenvalue weighted by Crippen LogP contribution is 2.65. The Morgan fingerprint density at radius 1 is 1.14 bits per heavy atom. The molecule has 4 nitrogen and oxygen atoms in total. The van der Waals surface area contributed by atoms with Crippen molar-refractivity contribution in [1.29, 1.82) is 0 Å². The van der Waals surface area contributed by atoms with Crippen LogP contribution in [0.2, 0.25) is 0 Å². The predicted octanol–water partition coefficient (Wildman–Crippen LogP) is 4.63. The highest BCUT2D eigenvalue weighted by Gasteiger charge is 2.60. The van der Waals surface area contributed by atoms with E-state index in [0.717, 1.165) is 37.5 Å². The lowest BCUT2D eigenvalue weighted by molar-refractivity contribution is -0.148. The number of fused-ring (bicyclic) bond motifs is 5. The summed E-state index contributed by atoms with van der Waals surface area (Å²) in [4.78, 5) is 23.2. The van der Waals surface area contributed by atoms with Crippen LogP contribution < -0.4 is 5.32 Å². The average molecular weight is 388 g/mol. The standard InChI is InChI=1S/C24H37NO3/c1-14-12-21-19-7-6-17-13-18(28-16(3)27)8-10-23(17,4)20(19)9-11-24(21,5)22(14)25-15(2)26/h6,14,18-22H,7-13H2,1-5H3,(H,25,26)/t14-,18-,19-,20+,21+,22-,23+,24+/m1/s1. The number of hydrogen-bond acceptors (Lipinski definition) is 3. The summed E-state index contributed by atoms with van der Waals surface area (Å²) in [6.07, 6.45) is 10.5. The SMILES string of the molecule is CC(=O)N[C@@H]1[C@H](C)C[C@H]2[C@@H]3CC=C4C[C@H](OC(C)=O)CC[C@]4(C)[C@H]3CC[C@]12C. The molecule has 3 saturated carbocycles. The molecule has 0 aromatic rings. The van der Waals surface area contributed by atoms with Crippen LogP contribution in [0.4, 0.5) is 0 Å². The molecule has 0 unspecified atom stereocenters. The largest absolute Gasteiger partial charge is 0.462 e. The number of nitrogens with one attached hydrogen (secondary N) is 1. The number of amides is 1. The lowest BCUT2D eigenvalue weighted by Crippen LogP contribution is -2.54. The third-order valence-electron chi connectivity index (χ3n) is 9.09. The van der Waals surface area contributed by atoms with Crippen LogP contribution in [0.1, 0.15) is 79.6 Å². The van der Waals surface area contributed by atoms with Crippen molar-refractivity contribution in [2.45, 2.75) is 91.7 Å². The summed E-state index contributed by atoms with van der Waals surface area (Å²) in [5, 5.41) is 3.31. The van der Waals surface area contributed by atoms with Gasteiger partial charge in [0.15, 0.2) is 0 Å². The molecule has 0 radical (unpaired) electrons. The lowest BCUT2D eigenvalue weighted by Gasteiger charge is -2.58. The molecule has 0 aliphatic heterocycles. The second-order valence-corrected chi connectivity index (χ2v) is 10.7. The minimum atomic E-state index is -0.153. The van der Waals surface area contributed by atoms with Crippen LogP contribution in [0.15, 0.2) is 11.6 Å². The molecule has 1 amide bonds. The maximum Gasteiger partial charge on any atom is 0.302 e. The first-order valence-electron chi connectivity index (χ1n) is 11.3. The molecule has 0 bridgehead atoms. The fourth-order valence-electron chi connectivity index (χ4n) is 7.85. The van der Waals surface area contributed by atoms with Gasteiger partial charge in [0.1, 0.15) is 6.10 Å². The Labute approximate surface area is 169 Å². The van der Waals surface area contributed by atoms with Gasteiger partial charge in [-0.1, -0.05) is 32.4 Å². The second-order valence-electron chi connectivity index (χ2n) is 10.7. The number of carbonyl (C=O) groups is 2. The van der Waals surface area contributed by atoms with Crippen molar-refractivity contribution in [3.05, 3.63) is 11.6 Å². The molecule has 0 spiro atoms. The van der Waals surface area contributed by atoms with Crippen molar-refractivity contribution in [2.75, 3.05) is 0 Å². The zero-order chi connectivity index (χ0) is 20.3. The van der Waals surface area contributed by atoms with Crippen LogP contribution >= 0.6 is 0 Å². The van der Waals surface area contributed by atoms with Gasteiger partial charge in [0.2, 0.25) is 5.91 Å². The Kier molecular flexibility index (Phi) is 4.91. The normalized spacial score (nSPS) is 47.2. The second kappa shape index (κ2) is 6.88. The van der Waals surface area contributed by atoms with E-state index >= 15 is 0 Å². The summed E-state index contributed by atoms with van der Waals surface area (Å²) in [5.41, 5.74) is 2.03. The maximum atomic E-state index is 11.8. The minimum absolute atomic E-state index is 0.0675. The van der Waals surface area contributed by atoms with Gasteiger partial charge < -0.3 is 10.1 Å². The predicted molar refractivity (Wildman–Crippen MR) is 109 cm³/mol. The van der Waals surface area contributed by atoms with Gasteiger partial charge >= 0.3 is 5.97 Å². The first-order valence-corrected chi connectivity index (χ1v) is 11.3. The van der Waals surface area contributed by atoms with E-state index in [1.54, 1.807) is 12.5 Å².